The highest BCUT2D eigenvalue weighted by atomic mass is 16.3. The Balaban J connectivity index is 0.960. The number of benzene rings is 8. The minimum atomic E-state index is 0.169. The molecule has 10 aromatic rings. The molecule has 4 heteroatoms. The summed E-state index contributed by atoms with van der Waals surface area (Å²) in [6.45, 7) is 0. The highest BCUT2D eigenvalue weighted by molar-refractivity contribution is 6.25. The zero-order chi connectivity index (χ0) is 36.7. The Morgan fingerprint density at radius 2 is 1.11 bits per heavy atom. The fourth-order valence-corrected chi connectivity index (χ4v) is 9.04. The topological polar surface area (TPSA) is 51.0 Å². The van der Waals surface area contributed by atoms with Gasteiger partial charge in [-0.1, -0.05) is 158 Å². The number of hydrogen-bond acceptors (Lipinski definition) is 4. The van der Waals surface area contributed by atoms with Crippen LogP contribution in [0, 0.1) is 0 Å². The van der Waals surface area contributed by atoms with Gasteiger partial charge in [-0.2, -0.15) is 0 Å². The van der Waals surface area contributed by atoms with Gasteiger partial charge in [-0.15, -0.1) is 0 Å². The average Bonchev–Trinajstić information content (AvgIpc) is 3.83. The SMILES string of the molecule is C1=CC2Nc3cc(-c4nc(-c5ccccc5)nc5c4oc4cc(-c6ccccc6)ccc45)ccc3C2C=C1c1ccc2c3ccccc3c3ccccc3c2c1. The summed E-state index contributed by atoms with van der Waals surface area (Å²) in [7, 11) is 0. The van der Waals surface area contributed by atoms with Crippen LogP contribution >= 0.6 is 0 Å². The third-order valence-electron chi connectivity index (χ3n) is 11.8. The van der Waals surface area contributed by atoms with E-state index in [1.54, 1.807) is 0 Å². The third-order valence-corrected chi connectivity index (χ3v) is 11.8. The predicted molar refractivity (Wildman–Crippen MR) is 232 cm³/mol. The lowest BCUT2D eigenvalue weighted by molar-refractivity contribution is 0.667. The van der Waals surface area contributed by atoms with Gasteiger partial charge in [0.15, 0.2) is 11.4 Å². The van der Waals surface area contributed by atoms with Crippen molar-refractivity contribution in [1.29, 1.82) is 0 Å². The molecule has 8 aromatic carbocycles. The summed E-state index contributed by atoms with van der Waals surface area (Å²) >= 11 is 0. The first-order valence-corrected chi connectivity index (χ1v) is 19.2. The molecule has 4 nitrogen and oxygen atoms in total. The van der Waals surface area contributed by atoms with Gasteiger partial charge < -0.3 is 9.73 Å². The van der Waals surface area contributed by atoms with Gasteiger partial charge in [0.2, 0.25) is 0 Å². The molecule has 0 saturated carbocycles. The van der Waals surface area contributed by atoms with Crippen LogP contribution in [-0.2, 0) is 0 Å². The van der Waals surface area contributed by atoms with Gasteiger partial charge in [-0.25, -0.2) is 9.97 Å². The standard InChI is InChI=1S/C52H33N3O/c1-3-11-31(12-4-1)35-20-25-43-48(30-35)56-51-49(54-52(55-50(43)51)32-13-5-2-6-14-32)36-21-24-42-45-28-34(22-26-46(45)53-47(42)29-36)33-19-23-41-39-17-8-7-15-37(39)38-16-9-10-18-40(38)44(41)27-33/h1-30,45-46,53H. The zero-order valence-corrected chi connectivity index (χ0v) is 30.3. The van der Waals surface area contributed by atoms with Crippen LogP contribution in [0.25, 0.3) is 93.7 Å². The number of hydrogen-bond donors (Lipinski definition) is 1. The smallest absolute Gasteiger partial charge is 0.180 e. The summed E-state index contributed by atoms with van der Waals surface area (Å²) < 4.78 is 6.68. The minimum absolute atomic E-state index is 0.169. The van der Waals surface area contributed by atoms with Crippen molar-refractivity contribution >= 4 is 65.6 Å². The molecule has 0 radical (unpaired) electrons. The van der Waals surface area contributed by atoms with E-state index in [-0.39, 0.29) is 12.0 Å². The Bertz CT molecular complexity index is 3250. The quantitative estimate of drug-likeness (QED) is 0.184. The highest BCUT2D eigenvalue weighted by Gasteiger charge is 2.32. The van der Waals surface area contributed by atoms with Crippen molar-refractivity contribution < 1.29 is 4.42 Å². The number of rotatable bonds is 4. The monoisotopic (exact) mass is 715 g/mol. The van der Waals surface area contributed by atoms with E-state index in [0.29, 0.717) is 11.4 Å². The molecule has 2 aliphatic rings. The van der Waals surface area contributed by atoms with Crippen LogP contribution in [0.5, 0.6) is 0 Å². The van der Waals surface area contributed by atoms with Crippen LogP contribution in [0.1, 0.15) is 17.0 Å². The van der Waals surface area contributed by atoms with E-state index in [9.17, 15) is 0 Å². The number of furan rings is 1. The number of nitrogens with one attached hydrogen (secondary N) is 1. The van der Waals surface area contributed by atoms with Gasteiger partial charge >= 0.3 is 0 Å². The summed E-state index contributed by atoms with van der Waals surface area (Å²) in [5.74, 6) is 0.882. The number of nitrogens with zero attached hydrogens (tertiary/aromatic N) is 2. The molecule has 0 amide bonds. The number of aromatic nitrogens is 2. The number of allylic oxidation sites excluding steroid dienone is 2. The van der Waals surface area contributed by atoms with Crippen molar-refractivity contribution in [3.63, 3.8) is 0 Å². The van der Waals surface area contributed by atoms with Gasteiger partial charge in [0, 0.05) is 28.1 Å². The molecule has 262 valence electrons. The summed E-state index contributed by atoms with van der Waals surface area (Å²) in [5.41, 5.74) is 12.2. The van der Waals surface area contributed by atoms with Gasteiger partial charge in [0.25, 0.3) is 0 Å². The van der Waals surface area contributed by atoms with Gasteiger partial charge in [0.1, 0.15) is 16.8 Å². The van der Waals surface area contributed by atoms with Crippen LogP contribution in [0.4, 0.5) is 5.69 Å². The Morgan fingerprint density at radius 1 is 0.482 bits per heavy atom. The maximum Gasteiger partial charge on any atom is 0.180 e. The first-order chi connectivity index (χ1) is 27.7. The van der Waals surface area contributed by atoms with E-state index in [0.717, 1.165) is 50.1 Å². The summed E-state index contributed by atoms with van der Waals surface area (Å²) in [4.78, 5) is 10.3. The van der Waals surface area contributed by atoms with E-state index < -0.39 is 0 Å². The average molecular weight is 716 g/mol. The predicted octanol–water partition coefficient (Wildman–Crippen LogP) is 13.4. The van der Waals surface area contributed by atoms with E-state index in [1.807, 2.05) is 24.3 Å². The maximum absolute atomic E-state index is 6.68. The Labute approximate surface area is 323 Å². The number of fused-ring (bicyclic) bond motifs is 12. The van der Waals surface area contributed by atoms with Crippen molar-refractivity contribution in [2.45, 2.75) is 12.0 Å². The van der Waals surface area contributed by atoms with Crippen LogP contribution in [0.3, 0.4) is 0 Å². The summed E-state index contributed by atoms with van der Waals surface area (Å²) in [6.07, 6.45) is 7.04. The Morgan fingerprint density at radius 3 is 1.86 bits per heavy atom. The first-order valence-electron chi connectivity index (χ1n) is 19.2. The van der Waals surface area contributed by atoms with Crippen LogP contribution in [0.2, 0.25) is 0 Å². The zero-order valence-electron chi connectivity index (χ0n) is 30.3. The third kappa shape index (κ3) is 4.79. The minimum Gasteiger partial charge on any atom is -0.452 e. The Hall–Kier alpha value is -7.30. The summed E-state index contributed by atoms with van der Waals surface area (Å²) in [5, 5.41) is 12.6. The second-order valence-corrected chi connectivity index (χ2v) is 14.9. The van der Waals surface area contributed by atoms with E-state index >= 15 is 0 Å². The van der Waals surface area contributed by atoms with Crippen LogP contribution in [0.15, 0.2) is 186 Å². The second kappa shape index (κ2) is 12.1. The lowest BCUT2D eigenvalue weighted by atomic mass is 9.85. The normalized spacial score (nSPS) is 16.0. The second-order valence-electron chi connectivity index (χ2n) is 14.9. The fourth-order valence-electron chi connectivity index (χ4n) is 9.04. The van der Waals surface area contributed by atoms with Crippen molar-refractivity contribution in [3.8, 4) is 33.8 Å². The molecule has 1 aliphatic heterocycles. The molecule has 1 aliphatic carbocycles. The van der Waals surface area contributed by atoms with Crippen LogP contribution < -0.4 is 5.32 Å². The molecule has 3 heterocycles. The van der Waals surface area contributed by atoms with Crippen molar-refractivity contribution in [3.05, 3.63) is 193 Å². The molecule has 2 unspecified atom stereocenters. The highest BCUT2D eigenvalue weighted by Crippen LogP contribution is 2.45. The van der Waals surface area contributed by atoms with Crippen LogP contribution in [-0.4, -0.2) is 16.0 Å². The Kier molecular flexibility index (Phi) is 6.72. The molecule has 0 saturated heterocycles. The van der Waals surface area contributed by atoms with E-state index in [2.05, 4.69) is 163 Å². The van der Waals surface area contributed by atoms with Gasteiger partial charge in [-0.05, 0) is 84.4 Å². The number of anilines is 1. The van der Waals surface area contributed by atoms with E-state index in [4.69, 9.17) is 14.4 Å². The molecule has 2 aromatic heterocycles. The molecule has 12 rings (SSSR count). The molecule has 0 fully saturated rings. The molecule has 2 atom stereocenters. The van der Waals surface area contributed by atoms with Gasteiger partial charge in [0.05, 0.1) is 6.04 Å². The lowest BCUT2D eigenvalue weighted by Gasteiger charge is -2.20. The lowest BCUT2D eigenvalue weighted by Crippen LogP contribution is -2.18. The molecule has 0 spiro atoms. The summed E-state index contributed by atoms with van der Waals surface area (Å²) in [6, 6.07) is 58.4. The molecule has 0 bridgehead atoms. The first kappa shape index (κ1) is 31.1. The molecular formula is C52H33N3O. The van der Waals surface area contributed by atoms with Crippen molar-refractivity contribution in [2.75, 3.05) is 5.32 Å². The van der Waals surface area contributed by atoms with E-state index in [1.165, 1.54) is 49.0 Å². The fraction of sp³-hybridized carbons (Fsp3) is 0.0385. The van der Waals surface area contributed by atoms with Gasteiger partial charge in [-0.3, -0.25) is 0 Å². The molecule has 56 heavy (non-hydrogen) atoms. The van der Waals surface area contributed by atoms with Crippen molar-refractivity contribution in [1.82, 2.24) is 9.97 Å². The maximum atomic E-state index is 6.68. The largest absolute Gasteiger partial charge is 0.452 e. The molecule has 1 N–H and O–H groups in total. The van der Waals surface area contributed by atoms with Crippen molar-refractivity contribution in [2.24, 2.45) is 0 Å². The molecular weight excluding hydrogens is 683 g/mol.